The maximum atomic E-state index is 9.53. The van der Waals surface area contributed by atoms with Crippen molar-refractivity contribution >= 4 is 0 Å². The monoisotopic (exact) mass is 358 g/mol. The minimum Gasteiger partial charge on any atom is -0.852 e. The van der Waals surface area contributed by atoms with Crippen molar-refractivity contribution in [2.75, 3.05) is 0 Å². The molecule has 0 aromatic rings. The molecule has 0 aliphatic carbocycles. The van der Waals surface area contributed by atoms with Gasteiger partial charge in [0.2, 0.25) is 0 Å². The van der Waals surface area contributed by atoms with Crippen LogP contribution in [-0.4, -0.2) is 18.3 Å². The first-order valence-corrected chi connectivity index (χ1v) is 4.17. The second kappa shape index (κ2) is 18.4. The zero-order chi connectivity index (χ0) is 10.7. The molecular weight excluding hydrogens is 337 g/mol. The van der Waals surface area contributed by atoms with Crippen LogP contribution >= 0.6 is 0 Å². The van der Waals surface area contributed by atoms with Crippen LogP contribution in [0, 0.1) is 0 Å². The molecule has 3 nitrogen and oxygen atoms in total. The third-order valence-electron chi connectivity index (χ3n) is 0. The molecular formula is C9H21O3Ta. The summed E-state index contributed by atoms with van der Waals surface area (Å²) >= 11 is 0. The van der Waals surface area contributed by atoms with E-state index >= 15 is 0 Å². The van der Waals surface area contributed by atoms with Crippen molar-refractivity contribution in [3.8, 4) is 0 Å². The van der Waals surface area contributed by atoms with E-state index in [1.807, 2.05) is 0 Å². The SMILES string of the molecule is CC(C)[O-].CC(C)[O-].CC(C)[O-].[Ta+3]. The molecule has 0 amide bonds. The van der Waals surface area contributed by atoms with Crippen LogP contribution in [0.1, 0.15) is 41.5 Å². The summed E-state index contributed by atoms with van der Waals surface area (Å²) in [6.45, 7) is 9.67. The van der Waals surface area contributed by atoms with E-state index in [1.165, 1.54) is 0 Å². The molecule has 0 N–H and O–H groups in total. The summed E-state index contributed by atoms with van der Waals surface area (Å²) < 4.78 is 0. The van der Waals surface area contributed by atoms with Gasteiger partial charge in [0.05, 0.1) is 0 Å². The number of hydrogen-bond acceptors (Lipinski definition) is 3. The van der Waals surface area contributed by atoms with Crippen molar-refractivity contribution in [2.45, 2.75) is 59.9 Å². The van der Waals surface area contributed by atoms with E-state index in [1.54, 1.807) is 41.5 Å². The predicted octanol–water partition coefficient (Wildman–Crippen LogP) is -0.737. The summed E-state index contributed by atoms with van der Waals surface area (Å²) in [4.78, 5) is 0. The molecule has 0 aromatic heterocycles. The van der Waals surface area contributed by atoms with Gasteiger partial charge in [0.15, 0.2) is 0 Å². The van der Waals surface area contributed by atoms with Gasteiger partial charge in [-0.3, -0.25) is 0 Å². The second-order valence-corrected chi connectivity index (χ2v) is 3.15. The Balaban J connectivity index is -0.0000000450. The Morgan fingerprint density at radius 2 is 0.538 bits per heavy atom. The summed E-state index contributed by atoms with van der Waals surface area (Å²) in [5, 5.41) is 28.6. The van der Waals surface area contributed by atoms with Crippen molar-refractivity contribution in [3.05, 3.63) is 0 Å². The third kappa shape index (κ3) is 3700. The fourth-order valence-electron chi connectivity index (χ4n) is 0. The number of hydrogen-bond donors (Lipinski definition) is 0. The molecule has 80 valence electrons. The summed E-state index contributed by atoms with van der Waals surface area (Å²) in [7, 11) is 0. The molecule has 4 heteroatoms. The van der Waals surface area contributed by atoms with Gasteiger partial charge < -0.3 is 15.3 Å². The van der Waals surface area contributed by atoms with Gasteiger partial charge >= 0.3 is 22.4 Å². The topological polar surface area (TPSA) is 69.2 Å². The smallest absolute Gasteiger partial charge is 0.852 e. The van der Waals surface area contributed by atoms with Gasteiger partial charge in [-0.15, -0.1) is 18.3 Å². The molecule has 0 heterocycles. The number of rotatable bonds is 0. The van der Waals surface area contributed by atoms with Crippen LogP contribution < -0.4 is 15.3 Å². The first-order valence-electron chi connectivity index (χ1n) is 4.17. The molecule has 0 saturated carbocycles. The first kappa shape index (κ1) is 23.4. The van der Waals surface area contributed by atoms with Crippen molar-refractivity contribution in [1.29, 1.82) is 0 Å². The largest absolute Gasteiger partial charge is 3.00 e. The van der Waals surface area contributed by atoms with Gasteiger partial charge in [-0.2, -0.15) is 0 Å². The van der Waals surface area contributed by atoms with Crippen molar-refractivity contribution in [2.24, 2.45) is 0 Å². The molecule has 0 aliphatic rings. The Kier molecular flexibility index (Phi) is 33.2. The van der Waals surface area contributed by atoms with Crippen LogP contribution in [0.2, 0.25) is 0 Å². The molecule has 0 unspecified atom stereocenters. The van der Waals surface area contributed by atoms with Gasteiger partial charge in [-0.25, -0.2) is 0 Å². The van der Waals surface area contributed by atoms with Crippen LogP contribution in [0.5, 0.6) is 0 Å². The summed E-state index contributed by atoms with van der Waals surface area (Å²) in [5.74, 6) is 0. The van der Waals surface area contributed by atoms with E-state index in [9.17, 15) is 15.3 Å². The van der Waals surface area contributed by atoms with E-state index in [0.717, 1.165) is 0 Å². The van der Waals surface area contributed by atoms with E-state index < -0.39 is 18.3 Å². The molecule has 0 rings (SSSR count). The van der Waals surface area contributed by atoms with Crippen LogP contribution in [0.3, 0.4) is 0 Å². The van der Waals surface area contributed by atoms with Gasteiger partial charge in [0.1, 0.15) is 0 Å². The molecule has 0 aliphatic heterocycles. The van der Waals surface area contributed by atoms with Gasteiger partial charge in [0, 0.05) is 0 Å². The molecule has 13 heavy (non-hydrogen) atoms. The molecule has 0 saturated heterocycles. The summed E-state index contributed by atoms with van der Waals surface area (Å²) in [6, 6.07) is 0. The van der Waals surface area contributed by atoms with Gasteiger partial charge in [0.25, 0.3) is 0 Å². The Morgan fingerprint density at radius 1 is 0.538 bits per heavy atom. The summed E-state index contributed by atoms with van der Waals surface area (Å²) in [5.41, 5.74) is 0. The zero-order valence-electron chi connectivity index (χ0n) is 9.40. The Hall–Kier alpha value is 0.620. The standard InChI is InChI=1S/3C3H7O.Ta/c3*1-3(2)4;/h3*3H,1-2H3;/q3*-1;+3. The fraction of sp³-hybridized carbons (Fsp3) is 1.00. The van der Waals surface area contributed by atoms with Crippen LogP contribution in [0.25, 0.3) is 0 Å². The van der Waals surface area contributed by atoms with E-state index in [-0.39, 0.29) is 22.4 Å². The summed E-state index contributed by atoms with van der Waals surface area (Å²) in [6.07, 6.45) is -1.25. The van der Waals surface area contributed by atoms with Gasteiger partial charge in [-0.1, -0.05) is 41.5 Å². The Labute approximate surface area is 97.7 Å². The average molecular weight is 358 g/mol. The Bertz CT molecular complexity index is 43.4. The molecule has 0 aromatic carbocycles. The average Bonchev–Trinajstić information content (AvgIpc) is 1.54. The van der Waals surface area contributed by atoms with E-state index in [0.29, 0.717) is 0 Å². The van der Waals surface area contributed by atoms with Gasteiger partial charge in [-0.05, 0) is 0 Å². The first-order chi connectivity index (χ1) is 5.20. The third-order valence-corrected chi connectivity index (χ3v) is 0. The minimum atomic E-state index is -0.417. The minimum absolute atomic E-state index is 0. The molecule has 0 atom stereocenters. The van der Waals surface area contributed by atoms with Crippen molar-refractivity contribution in [1.82, 2.24) is 0 Å². The quantitative estimate of drug-likeness (QED) is 0.573. The van der Waals surface area contributed by atoms with Crippen molar-refractivity contribution < 1.29 is 37.7 Å². The van der Waals surface area contributed by atoms with Crippen molar-refractivity contribution in [3.63, 3.8) is 0 Å². The van der Waals surface area contributed by atoms with Crippen LogP contribution in [0.15, 0.2) is 0 Å². The normalized spacial score (nSPS) is 8.31. The second-order valence-electron chi connectivity index (χ2n) is 3.15. The maximum absolute atomic E-state index is 9.53. The van der Waals surface area contributed by atoms with Crippen LogP contribution in [-0.2, 0) is 22.4 Å². The maximum Gasteiger partial charge on any atom is 3.00 e. The molecule has 0 fully saturated rings. The molecule has 0 radical (unpaired) electrons. The molecule has 0 spiro atoms. The van der Waals surface area contributed by atoms with E-state index in [4.69, 9.17) is 0 Å². The fourth-order valence-corrected chi connectivity index (χ4v) is 0. The molecule has 0 bridgehead atoms. The zero-order valence-corrected chi connectivity index (χ0v) is 12.6. The van der Waals surface area contributed by atoms with E-state index in [2.05, 4.69) is 0 Å². The Morgan fingerprint density at radius 3 is 0.538 bits per heavy atom. The predicted molar refractivity (Wildman–Crippen MR) is 45.4 cm³/mol. The van der Waals surface area contributed by atoms with Crippen LogP contribution in [0.4, 0.5) is 0 Å².